The van der Waals surface area contributed by atoms with Crippen molar-refractivity contribution in [3.63, 3.8) is 0 Å². The molecular weight excluding hydrogens is 208 g/mol. The Morgan fingerprint density at radius 2 is 2.44 bits per heavy atom. The summed E-state index contributed by atoms with van der Waals surface area (Å²) in [6, 6.07) is 0.313. The Balaban J connectivity index is 1.94. The molecule has 0 aromatic carbocycles. The summed E-state index contributed by atoms with van der Waals surface area (Å²) in [4.78, 5) is 13.6. The molecule has 1 aliphatic rings. The number of carbonyl (C=O) groups is 1. The third-order valence-electron chi connectivity index (χ3n) is 2.60. The maximum absolute atomic E-state index is 11.9. The summed E-state index contributed by atoms with van der Waals surface area (Å²) in [6.07, 6.45) is 5.21. The second kappa shape index (κ2) is 4.52. The Morgan fingerprint density at radius 1 is 1.69 bits per heavy atom. The molecule has 3 N–H and O–H groups in total. The van der Waals surface area contributed by atoms with Crippen LogP contribution in [0.25, 0.3) is 0 Å². The first kappa shape index (κ1) is 10.9. The van der Waals surface area contributed by atoms with Crippen molar-refractivity contribution in [2.24, 2.45) is 0 Å². The Labute approximate surface area is 93.6 Å². The van der Waals surface area contributed by atoms with Crippen molar-refractivity contribution in [3.05, 3.63) is 12.4 Å². The largest absolute Gasteiger partial charge is 0.396 e. The first-order valence-electron chi connectivity index (χ1n) is 5.39. The van der Waals surface area contributed by atoms with Crippen molar-refractivity contribution in [2.75, 3.05) is 18.9 Å². The maximum Gasteiger partial charge on any atom is 0.244 e. The summed E-state index contributed by atoms with van der Waals surface area (Å²) in [5.41, 5.74) is 6.06. The average molecular weight is 224 g/mol. The molecule has 16 heavy (non-hydrogen) atoms. The zero-order valence-electron chi connectivity index (χ0n) is 9.04. The maximum atomic E-state index is 11.9. The number of nitrogens with two attached hydrogens (primary N) is 1. The highest BCUT2D eigenvalue weighted by molar-refractivity contribution is 5.76. The molecule has 0 atom stereocenters. The lowest BCUT2D eigenvalue weighted by Gasteiger charge is -2.21. The van der Waals surface area contributed by atoms with E-state index >= 15 is 0 Å². The third-order valence-corrected chi connectivity index (χ3v) is 2.60. The number of hydrogen-bond acceptors (Lipinski definition) is 4. The number of hydrogen-bond donors (Lipinski definition) is 2. The summed E-state index contributed by atoms with van der Waals surface area (Å²) < 4.78 is 1.52. The molecule has 6 nitrogen and oxygen atoms in total. The highest BCUT2D eigenvalue weighted by atomic mass is 16.3. The van der Waals surface area contributed by atoms with Crippen LogP contribution in [0.2, 0.25) is 0 Å². The normalized spacial score (nSPS) is 15.1. The number of anilines is 1. The molecule has 1 saturated carbocycles. The van der Waals surface area contributed by atoms with E-state index in [1.807, 2.05) is 0 Å². The minimum atomic E-state index is -0.0142. The van der Waals surface area contributed by atoms with Crippen molar-refractivity contribution in [2.45, 2.75) is 25.4 Å². The van der Waals surface area contributed by atoms with Gasteiger partial charge in [0.1, 0.15) is 6.54 Å². The van der Waals surface area contributed by atoms with Gasteiger partial charge in [-0.2, -0.15) is 5.10 Å². The van der Waals surface area contributed by atoms with Gasteiger partial charge in [-0.3, -0.25) is 9.48 Å². The fraction of sp³-hybridized carbons (Fsp3) is 0.600. The fourth-order valence-corrected chi connectivity index (χ4v) is 1.70. The number of carbonyl (C=O) groups excluding carboxylic acids is 1. The van der Waals surface area contributed by atoms with Crippen molar-refractivity contribution in [1.29, 1.82) is 0 Å². The van der Waals surface area contributed by atoms with Gasteiger partial charge in [0.2, 0.25) is 5.91 Å². The molecule has 1 aromatic heterocycles. The zero-order chi connectivity index (χ0) is 11.5. The van der Waals surface area contributed by atoms with E-state index < -0.39 is 0 Å². The van der Waals surface area contributed by atoms with Gasteiger partial charge in [-0.1, -0.05) is 0 Å². The van der Waals surface area contributed by atoms with Crippen LogP contribution < -0.4 is 5.73 Å². The Hall–Kier alpha value is -1.56. The molecule has 0 aliphatic heterocycles. The van der Waals surface area contributed by atoms with E-state index in [2.05, 4.69) is 5.10 Å². The predicted octanol–water partition coefficient (Wildman–Crippen LogP) is -0.551. The molecule has 1 heterocycles. The van der Waals surface area contributed by atoms with Gasteiger partial charge < -0.3 is 15.7 Å². The van der Waals surface area contributed by atoms with Crippen molar-refractivity contribution >= 4 is 11.6 Å². The predicted molar refractivity (Wildman–Crippen MR) is 58.5 cm³/mol. The second-order valence-electron chi connectivity index (χ2n) is 4.01. The molecule has 88 valence electrons. The molecule has 1 fully saturated rings. The van der Waals surface area contributed by atoms with Crippen LogP contribution in [-0.2, 0) is 11.3 Å². The lowest BCUT2D eigenvalue weighted by Crippen LogP contribution is -2.37. The number of rotatable bonds is 5. The molecule has 0 bridgehead atoms. The summed E-state index contributed by atoms with van der Waals surface area (Å²) in [7, 11) is 0. The number of aromatic nitrogens is 2. The number of nitrogen functional groups attached to an aromatic ring is 1. The summed E-state index contributed by atoms with van der Waals surface area (Å²) in [6.45, 7) is 0.595. The number of aliphatic hydroxyl groups is 1. The van der Waals surface area contributed by atoms with Crippen LogP contribution in [0.15, 0.2) is 12.4 Å². The van der Waals surface area contributed by atoms with Gasteiger partial charge in [0.25, 0.3) is 0 Å². The number of nitrogens with zero attached hydrogens (tertiary/aromatic N) is 3. The molecule has 1 amide bonds. The molecular formula is C10H16N4O2. The molecule has 1 aliphatic carbocycles. The van der Waals surface area contributed by atoms with E-state index in [1.54, 1.807) is 11.1 Å². The quantitative estimate of drug-likeness (QED) is 0.702. The van der Waals surface area contributed by atoms with Gasteiger partial charge >= 0.3 is 0 Å². The van der Waals surface area contributed by atoms with E-state index in [1.165, 1.54) is 10.9 Å². The molecule has 0 spiro atoms. The molecule has 1 aromatic rings. The van der Waals surface area contributed by atoms with Crippen LogP contribution in [0.3, 0.4) is 0 Å². The first-order valence-corrected chi connectivity index (χ1v) is 5.39. The fourth-order valence-electron chi connectivity index (χ4n) is 1.70. The van der Waals surface area contributed by atoms with Gasteiger partial charge in [0.05, 0.1) is 18.5 Å². The standard InChI is InChI=1S/C10H16N4O2/c11-8-5-12-13(6-8)7-10(16)14(3-4-15)9-1-2-9/h5-6,9,15H,1-4,7,11H2. The second-order valence-corrected chi connectivity index (χ2v) is 4.01. The van der Waals surface area contributed by atoms with Crippen LogP contribution in [0.4, 0.5) is 5.69 Å². The number of amides is 1. The summed E-state index contributed by atoms with van der Waals surface area (Å²) >= 11 is 0. The van der Waals surface area contributed by atoms with E-state index in [-0.39, 0.29) is 19.1 Å². The minimum Gasteiger partial charge on any atom is -0.396 e. The van der Waals surface area contributed by atoms with E-state index in [9.17, 15) is 4.79 Å². The highest BCUT2D eigenvalue weighted by Crippen LogP contribution is 2.26. The molecule has 0 saturated heterocycles. The van der Waals surface area contributed by atoms with Crippen LogP contribution in [0.1, 0.15) is 12.8 Å². The van der Waals surface area contributed by atoms with Gasteiger partial charge in [0, 0.05) is 18.8 Å². The van der Waals surface area contributed by atoms with Gasteiger partial charge in [0.15, 0.2) is 0 Å². The summed E-state index contributed by atoms with van der Waals surface area (Å²) in [5, 5.41) is 12.9. The first-order chi connectivity index (χ1) is 7.70. The Bertz CT molecular complexity index is 373. The monoisotopic (exact) mass is 224 g/mol. The Kier molecular flexibility index (Phi) is 3.09. The average Bonchev–Trinajstić information content (AvgIpc) is 3.00. The molecule has 2 rings (SSSR count). The smallest absolute Gasteiger partial charge is 0.244 e. The van der Waals surface area contributed by atoms with Gasteiger partial charge in [-0.05, 0) is 12.8 Å². The van der Waals surface area contributed by atoms with Crippen molar-refractivity contribution in [3.8, 4) is 0 Å². The van der Waals surface area contributed by atoms with Gasteiger partial charge in [-0.25, -0.2) is 0 Å². The third kappa shape index (κ3) is 2.52. The minimum absolute atomic E-state index is 0.00346. The zero-order valence-corrected chi connectivity index (χ0v) is 9.04. The van der Waals surface area contributed by atoms with E-state index in [0.717, 1.165) is 12.8 Å². The van der Waals surface area contributed by atoms with Crippen LogP contribution in [-0.4, -0.2) is 44.9 Å². The Morgan fingerprint density at radius 3 is 2.94 bits per heavy atom. The van der Waals surface area contributed by atoms with Crippen LogP contribution in [0, 0.1) is 0 Å². The number of aliphatic hydroxyl groups excluding tert-OH is 1. The highest BCUT2D eigenvalue weighted by Gasteiger charge is 2.31. The van der Waals surface area contributed by atoms with Crippen molar-refractivity contribution in [1.82, 2.24) is 14.7 Å². The van der Waals surface area contributed by atoms with Crippen LogP contribution in [0.5, 0.6) is 0 Å². The van der Waals surface area contributed by atoms with Crippen LogP contribution >= 0.6 is 0 Å². The van der Waals surface area contributed by atoms with E-state index in [0.29, 0.717) is 18.3 Å². The van der Waals surface area contributed by atoms with Crippen molar-refractivity contribution < 1.29 is 9.90 Å². The van der Waals surface area contributed by atoms with E-state index in [4.69, 9.17) is 10.8 Å². The van der Waals surface area contributed by atoms with Gasteiger partial charge in [-0.15, -0.1) is 0 Å². The molecule has 6 heteroatoms. The summed E-state index contributed by atoms with van der Waals surface area (Å²) in [5.74, 6) is -0.0142. The lowest BCUT2D eigenvalue weighted by atomic mass is 10.4. The lowest BCUT2D eigenvalue weighted by molar-refractivity contribution is -0.133. The molecule has 0 radical (unpaired) electrons. The molecule has 0 unspecified atom stereocenters. The topological polar surface area (TPSA) is 84.4 Å². The SMILES string of the molecule is Nc1cnn(CC(=O)N(CCO)C2CC2)c1.